The summed E-state index contributed by atoms with van der Waals surface area (Å²) in [6.07, 6.45) is -0.160. The molecule has 5 nitrogen and oxygen atoms in total. The minimum Gasteiger partial charge on any atom is -0.486 e. The lowest BCUT2D eigenvalue weighted by molar-refractivity contribution is -0.122. The molecule has 1 amide bonds. The molecule has 124 valence electrons. The van der Waals surface area contributed by atoms with E-state index < -0.39 is 6.10 Å². The number of halogens is 2. The first kappa shape index (κ1) is 15.4. The molecular weight excluding hydrogens is 353 g/mol. The van der Waals surface area contributed by atoms with Crippen molar-refractivity contribution in [2.24, 2.45) is 0 Å². The number of ether oxygens (including phenoxy) is 3. The number of carbonyl (C=O) groups excluding carboxylic acids is 1. The standard InChI is InChI=1S/C17H13Cl2NO4/c18-10-1-2-13-9(5-10)6-16(24-13)17(21)20-12-8-15-14(7-11(12)19)22-3-4-23-15/h1-2,5,7-8,16H,3-4,6H2,(H,20,21). The summed E-state index contributed by atoms with van der Waals surface area (Å²) in [7, 11) is 0. The Morgan fingerprint density at radius 2 is 1.79 bits per heavy atom. The third-order valence-electron chi connectivity index (χ3n) is 3.88. The van der Waals surface area contributed by atoms with Crippen LogP contribution in [-0.2, 0) is 11.2 Å². The summed E-state index contributed by atoms with van der Waals surface area (Å²) in [5.74, 6) is 1.53. The molecule has 0 bridgehead atoms. The minimum atomic E-state index is -0.622. The molecule has 24 heavy (non-hydrogen) atoms. The zero-order chi connectivity index (χ0) is 16.7. The van der Waals surface area contributed by atoms with E-state index in [0.717, 1.165) is 5.56 Å². The van der Waals surface area contributed by atoms with Gasteiger partial charge < -0.3 is 19.5 Å². The molecule has 0 aliphatic carbocycles. The highest BCUT2D eigenvalue weighted by Crippen LogP contribution is 2.38. The molecular formula is C17H13Cl2NO4. The molecule has 2 aliphatic rings. The number of amides is 1. The van der Waals surface area contributed by atoms with E-state index in [0.29, 0.717) is 52.6 Å². The molecule has 0 aromatic heterocycles. The van der Waals surface area contributed by atoms with Crippen molar-refractivity contribution in [3.8, 4) is 17.2 Å². The van der Waals surface area contributed by atoms with E-state index in [1.54, 1.807) is 30.3 Å². The Balaban J connectivity index is 1.51. The van der Waals surface area contributed by atoms with E-state index in [1.807, 2.05) is 0 Å². The maximum Gasteiger partial charge on any atom is 0.265 e. The predicted molar refractivity (Wildman–Crippen MR) is 90.6 cm³/mol. The van der Waals surface area contributed by atoms with Crippen LogP contribution in [0.3, 0.4) is 0 Å². The zero-order valence-corrected chi connectivity index (χ0v) is 14.0. The van der Waals surface area contributed by atoms with Gasteiger partial charge in [0, 0.05) is 23.6 Å². The number of fused-ring (bicyclic) bond motifs is 2. The van der Waals surface area contributed by atoms with Crippen LogP contribution in [0.15, 0.2) is 30.3 Å². The monoisotopic (exact) mass is 365 g/mol. The van der Waals surface area contributed by atoms with Gasteiger partial charge in [0.1, 0.15) is 19.0 Å². The van der Waals surface area contributed by atoms with Gasteiger partial charge in [-0.1, -0.05) is 23.2 Å². The summed E-state index contributed by atoms with van der Waals surface area (Å²) >= 11 is 12.2. The van der Waals surface area contributed by atoms with Gasteiger partial charge >= 0.3 is 0 Å². The average Bonchev–Trinajstić information content (AvgIpc) is 2.98. The van der Waals surface area contributed by atoms with Gasteiger partial charge in [0.05, 0.1) is 10.7 Å². The summed E-state index contributed by atoms with van der Waals surface area (Å²) in [6.45, 7) is 0.940. The highest BCUT2D eigenvalue weighted by atomic mass is 35.5. The van der Waals surface area contributed by atoms with Crippen molar-refractivity contribution in [1.82, 2.24) is 0 Å². The van der Waals surface area contributed by atoms with Gasteiger partial charge in [0.2, 0.25) is 0 Å². The second kappa shape index (κ2) is 6.07. The smallest absolute Gasteiger partial charge is 0.265 e. The molecule has 2 aliphatic heterocycles. The van der Waals surface area contributed by atoms with E-state index in [2.05, 4.69) is 5.32 Å². The lowest BCUT2D eigenvalue weighted by atomic mass is 10.1. The van der Waals surface area contributed by atoms with E-state index in [-0.39, 0.29) is 5.91 Å². The number of anilines is 1. The van der Waals surface area contributed by atoms with Crippen LogP contribution in [0.1, 0.15) is 5.56 Å². The van der Waals surface area contributed by atoms with Crippen LogP contribution in [-0.4, -0.2) is 25.2 Å². The summed E-state index contributed by atoms with van der Waals surface area (Å²) in [6, 6.07) is 8.60. The number of nitrogens with one attached hydrogen (secondary N) is 1. The van der Waals surface area contributed by atoms with Crippen LogP contribution in [0.4, 0.5) is 5.69 Å². The molecule has 2 aromatic rings. The van der Waals surface area contributed by atoms with E-state index >= 15 is 0 Å². The fourth-order valence-electron chi connectivity index (χ4n) is 2.74. The third kappa shape index (κ3) is 2.85. The highest BCUT2D eigenvalue weighted by molar-refractivity contribution is 6.34. The quantitative estimate of drug-likeness (QED) is 0.881. The van der Waals surface area contributed by atoms with Crippen LogP contribution in [0, 0.1) is 0 Å². The SMILES string of the molecule is O=C(Nc1cc2c(cc1Cl)OCCO2)C1Cc2cc(Cl)ccc2O1. The van der Waals surface area contributed by atoms with Crippen LogP contribution in [0.2, 0.25) is 10.0 Å². The van der Waals surface area contributed by atoms with Gasteiger partial charge in [-0.3, -0.25) is 4.79 Å². The van der Waals surface area contributed by atoms with Crippen molar-refractivity contribution in [1.29, 1.82) is 0 Å². The first-order valence-corrected chi connectivity index (χ1v) is 8.21. The van der Waals surface area contributed by atoms with Crippen molar-refractivity contribution < 1.29 is 19.0 Å². The Kier molecular flexibility index (Phi) is 3.90. The molecule has 0 radical (unpaired) electrons. The molecule has 4 rings (SSSR count). The van der Waals surface area contributed by atoms with Crippen LogP contribution < -0.4 is 19.5 Å². The maximum absolute atomic E-state index is 12.5. The zero-order valence-electron chi connectivity index (χ0n) is 12.5. The van der Waals surface area contributed by atoms with Crippen LogP contribution >= 0.6 is 23.2 Å². The molecule has 0 fully saturated rings. The fraction of sp³-hybridized carbons (Fsp3) is 0.235. The molecule has 2 heterocycles. The normalized spacial score (nSPS) is 17.8. The van der Waals surface area contributed by atoms with E-state index in [1.165, 1.54) is 0 Å². The molecule has 1 N–H and O–H groups in total. The van der Waals surface area contributed by atoms with E-state index in [4.69, 9.17) is 37.4 Å². The fourth-order valence-corrected chi connectivity index (χ4v) is 3.13. The third-order valence-corrected chi connectivity index (χ3v) is 4.43. The van der Waals surface area contributed by atoms with Crippen molar-refractivity contribution in [3.63, 3.8) is 0 Å². The Hall–Kier alpha value is -2.11. The van der Waals surface area contributed by atoms with Crippen molar-refractivity contribution in [2.75, 3.05) is 18.5 Å². The van der Waals surface area contributed by atoms with Gasteiger partial charge in [-0.15, -0.1) is 0 Å². The van der Waals surface area contributed by atoms with Crippen LogP contribution in [0.25, 0.3) is 0 Å². The van der Waals surface area contributed by atoms with Gasteiger partial charge in [-0.25, -0.2) is 0 Å². The Labute approximate surface area is 148 Å². The minimum absolute atomic E-state index is 0.277. The first-order valence-electron chi connectivity index (χ1n) is 7.45. The molecule has 0 saturated carbocycles. The number of benzene rings is 2. The molecule has 0 saturated heterocycles. The Morgan fingerprint density at radius 3 is 2.58 bits per heavy atom. The average molecular weight is 366 g/mol. The van der Waals surface area contributed by atoms with Crippen LogP contribution in [0.5, 0.6) is 17.2 Å². The maximum atomic E-state index is 12.5. The lowest BCUT2D eigenvalue weighted by Gasteiger charge is -2.20. The molecule has 0 spiro atoms. The van der Waals surface area contributed by atoms with Gasteiger partial charge in [0.15, 0.2) is 17.6 Å². The largest absolute Gasteiger partial charge is 0.486 e. The number of carbonyl (C=O) groups is 1. The number of hydrogen-bond acceptors (Lipinski definition) is 4. The summed E-state index contributed by atoms with van der Waals surface area (Å²) in [5.41, 5.74) is 1.37. The summed E-state index contributed by atoms with van der Waals surface area (Å²) in [5, 5.41) is 3.79. The topological polar surface area (TPSA) is 56.8 Å². The van der Waals surface area contributed by atoms with Crippen molar-refractivity contribution in [3.05, 3.63) is 45.9 Å². The predicted octanol–water partition coefficient (Wildman–Crippen LogP) is 3.71. The highest BCUT2D eigenvalue weighted by Gasteiger charge is 2.30. The number of rotatable bonds is 2. The van der Waals surface area contributed by atoms with Gasteiger partial charge in [-0.05, 0) is 23.8 Å². The molecule has 7 heteroatoms. The molecule has 2 aromatic carbocycles. The van der Waals surface area contributed by atoms with Crippen molar-refractivity contribution in [2.45, 2.75) is 12.5 Å². The Bertz CT molecular complexity index is 824. The Morgan fingerprint density at radius 1 is 1.04 bits per heavy atom. The van der Waals surface area contributed by atoms with Gasteiger partial charge in [0.25, 0.3) is 5.91 Å². The molecule has 1 unspecified atom stereocenters. The second-order valence-corrected chi connectivity index (χ2v) is 6.37. The van der Waals surface area contributed by atoms with Crippen molar-refractivity contribution >= 4 is 34.8 Å². The van der Waals surface area contributed by atoms with Gasteiger partial charge in [-0.2, -0.15) is 0 Å². The second-order valence-electron chi connectivity index (χ2n) is 5.53. The number of hydrogen-bond donors (Lipinski definition) is 1. The molecule has 1 atom stereocenters. The summed E-state index contributed by atoms with van der Waals surface area (Å²) in [4.78, 5) is 12.5. The first-order chi connectivity index (χ1) is 11.6. The lowest BCUT2D eigenvalue weighted by Crippen LogP contribution is -2.31. The summed E-state index contributed by atoms with van der Waals surface area (Å²) < 4.78 is 16.6. The van der Waals surface area contributed by atoms with E-state index in [9.17, 15) is 4.79 Å².